The predicted molar refractivity (Wildman–Crippen MR) is 123 cm³/mol. The summed E-state index contributed by atoms with van der Waals surface area (Å²) in [4.78, 5) is 33.6. The Morgan fingerprint density at radius 3 is 2.44 bits per heavy atom. The van der Waals surface area contributed by atoms with E-state index in [0.717, 1.165) is 16.9 Å². The van der Waals surface area contributed by atoms with Crippen molar-refractivity contribution in [1.29, 1.82) is 5.26 Å². The molecule has 0 atom stereocenters. The molecule has 2 amide bonds. The smallest absolute Gasteiger partial charge is 0.409 e. The maximum absolute atomic E-state index is 13.3. The molecule has 3 aromatic rings. The Hall–Kier alpha value is -3.84. The first-order valence-electron chi connectivity index (χ1n) is 10.1. The van der Waals surface area contributed by atoms with Crippen molar-refractivity contribution in [2.24, 2.45) is 0 Å². The van der Waals surface area contributed by atoms with Crippen LogP contribution in [0.3, 0.4) is 0 Å². The molecule has 3 heterocycles. The lowest BCUT2D eigenvalue weighted by molar-refractivity contribution is 0.0575. The van der Waals surface area contributed by atoms with Crippen LogP contribution in [0.25, 0.3) is 21.3 Å². The van der Waals surface area contributed by atoms with Crippen LogP contribution in [-0.2, 0) is 4.74 Å². The normalized spacial score (nSPS) is 13.8. The highest BCUT2D eigenvalue weighted by molar-refractivity contribution is 7.21. The van der Waals surface area contributed by atoms with Crippen molar-refractivity contribution >= 4 is 45.1 Å². The molecule has 0 saturated carbocycles. The number of hydrogen-bond donors (Lipinski definition) is 2. The zero-order valence-electron chi connectivity index (χ0n) is 17.5. The monoisotopic (exact) mass is 450 g/mol. The number of carbonyl (C=O) groups excluding carboxylic acids is 2. The summed E-state index contributed by atoms with van der Waals surface area (Å²) in [7, 11) is 0. The zero-order chi connectivity index (χ0) is 22.8. The Morgan fingerprint density at radius 1 is 1.16 bits per heavy atom. The van der Waals surface area contributed by atoms with Gasteiger partial charge in [-0.1, -0.05) is 30.3 Å². The van der Waals surface area contributed by atoms with Crippen LogP contribution in [0.5, 0.6) is 0 Å². The fourth-order valence-corrected chi connectivity index (χ4v) is 4.87. The van der Waals surface area contributed by atoms with Crippen molar-refractivity contribution in [3.05, 3.63) is 40.8 Å². The second kappa shape index (κ2) is 8.72. The molecular formula is C22H22N6O3S. The van der Waals surface area contributed by atoms with E-state index in [0.29, 0.717) is 53.4 Å². The summed E-state index contributed by atoms with van der Waals surface area (Å²) in [5, 5.41) is 10.3. The van der Waals surface area contributed by atoms with E-state index in [1.807, 2.05) is 30.3 Å². The molecule has 0 bridgehead atoms. The molecule has 0 spiro atoms. The summed E-state index contributed by atoms with van der Waals surface area (Å²) in [6.07, 6.45) is -0.378. The Morgan fingerprint density at radius 2 is 1.81 bits per heavy atom. The van der Waals surface area contributed by atoms with Gasteiger partial charge in [0.05, 0.1) is 12.3 Å². The first-order chi connectivity index (χ1) is 15.5. The molecule has 9 nitrogen and oxygen atoms in total. The fourth-order valence-electron chi connectivity index (χ4n) is 3.79. The molecule has 1 saturated heterocycles. The van der Waals surface area contributed by atoms with E-state index in [4.69, 9.17) is 16.2 Å². The van der Waals surface area contributed by atoms with Crippen LogP contribution in [0.15, 0.2) is 30.3 Å². The van der Waals surface area contributed by atoms with Gasteiger partial charge in [-0.2, -0.15) is 5.26 Å². The third kappa shape index (κ3) is 3.67. The van der Waals surface area contributed by atoms with Crippen molar-refractivity contribution in [3.63, 3.8) is 0 Å². The van der Waals surface area contributed by atoms with E-state index >= 15 is 0 Å². The van der Waals surface area contributed by atoms with Gasteiger partial charge in [-0.25, -0.2) is 9.78 Å². The minimum Gasteiger partial charge on any atom is -0.450 e. The van der Waals surface area contributed by atoms with Crippen LogP contribution in [-0.4, -0.2) is 59.6 Å². The second-order valence-corrected chi connectivity index (χ2v) is 8.23. The van der Waals surface area contributed by atoms with Gasteiger partial charge in [-0.05, 0) is 12.5 Å². The highest BCUT2D eigenvalue weighted by Gasteiger charge is 2.30. The van der Waals surface area contributed by atoms with E-state index in [1.165, 1.54) is 0 Å². The summed E-state index contributed by atoms with van der Waals surface area (Å²) in [5.74, 6) is -0.132. The lowest BCUT2D eigenvalue weighted by Gasteiger charge is -2.33. The van der Waals surface area contributed by atoms with Crippen LogP contribution in [0.2, 0.25) is 0 Å². The lowest BCUT2D eigenvalue weighted by atomic mass is 9.97. The average Bonchev–Trinajstić information content (AvgIpc) is 3.14. The van der Waals surface area contributed by atoms with E-state index < -0.39 is 0 Å². The third-order valence-corrected chi connectivity index (χ3v) is 6.45. The number of aromatic nitrogens is 1. The Kier molecular flexibility index (Phi) is 5.83. The topological polar surface area (TPSA) is 139 Å². The van der Waals surface area contributed by atoms with Crippen molar-refractivity contribution in [3.8, 4) is 17.2 Å². The Labute approximate surface area is 188 Å². The summed E-state index contributed by atoms with van der Waals surface area (Å²) in [5.41, 5.74) is 14.4. The summed E-state index contributed by atoms with van der Waals surface area (Å²) < 4.78 is 5.03. The lowest BCUT2D eigenvalue weighted by Crippen LogP contribution is -2.50. The number of nitrogens with two attached hydrogens (primary N) is 2. The molecule has 10 heteroatoms. The first kappa shape index (κ1) is 21.4. The molecule has 164 valence electrons. The maximum Gasteiger partial charge on any atom is 0.409 e. The summed E-state index contributed by atoms with van der Waals surface area (Å²) in [6.45, 7) is 3.57. The number of fused-ring (bicyclic) bond motifs is 1. The molecule has 32 heavy (non-hydrogen) atoms. The van der Waals surface area contributed by atoms with Crippen molar-refractivity contribution < 1.29 is 14.3 Å². The van der Waals surface area contributed by atoms with Crippen molar-refractivity contribution in [1.82, 2.24) is 14.8 Å². The van der Waals surface area contributed by atoms with E-state index in [2.05, 4.69) is 11.1 Å². The molecule has 4 N–H and O–H groups in total. The molecular weight excluding hydrogens is 428 g/mol. The number of pyridine rings is 1. The van der Waals surface area contributed by atoms with Crippen LogP contribution in [0.1, 0.15) is 22.2 Å². The number of benzene rings is 1. The van der Waals surface area contributed by atoms with Gasteiger partial charge >= 0.3 is 6.09 Å². The third-order valence-electron chi connectivity index (χ3n) is 5.37. The van der Waals surface area contributed by atoms with Gasteiger partial charge in [0, 0.05) is 37.1 Å². The Bertz CT molecular complexity index is 1230. The number of rotatable bonds is 3. The van der Waals surface area contributed by atoms with Gasteiger partial charge in [0.25, 0.3) is 5.91 Å². The number of amides is 2. The molecule has 0 aliphatic carbocycles. The number of hydrogen-bond acceptors (Lipinski definition) is 8. The van der Waals surface area contributed by atoms with Crippen molar-refractivity contribution in [2.75, 3.05) is 44.3 Å². The van der Waals surface area contributed by atoms with Gasteiger partial charge in [0.1, 0.15) is 27.2 Å². The fraction of sp³-hybridized carbons (Fsp3) is 0.273. The van der Waals surface area contributed by atoms with Crippen LogP contribution < -0.4 is 11.5 Å². The number of nitrogens with zero attached hydrogens (tertiary/aromatic N) is 4. The number of anilines is 2. The van der Waals surface area contributed by atoms with Gasteiger partial charge in [0.2, 0.25) is 0 Å². The quantitative estimate of drug-likeness (QED) is 0.625. The number of nitriles is 1. The molecule has 0 unspecified atom stereocenters. The number of piperazine rings is 1. The highest BCUT2D eigenvalue weighted by Crippen LogP contribution is 2.42. The summed E-state index contributed by atoms with van der Waals surface area (Å²) >= 11 is 1.16. The largest absolute Gasteiger partial charge is 0.450 e. The minimum absolute atomic E-state index is 0.0992. The number of ether oxygens (including phenoxy) is 1. The number of nitrogen functional groups attached to an aromatic ring is 2. The number of carbonyl (C=O) groups is 2. The van der Waals surface area contributed by atoms with E-state index in [-0.39, 0.29) is 29.1 Å². The molecule has 1 aliphatic rings. The van der Waals surface area contributed by atoms with Gasteiger partial charge < -0.3 is 26.0 Å². The van der Waals surface area contributed by atoms with Crippen molar-refractivity contribution in [2.45, 2.75) is 6.92 Å². The second-order valence-electron chi connectivity index (χ2n) is 7.23. The molecule has 1 fully saturated rings. The Balaban J connectivity index is 1.71. The van der Waals surface area contributed by atoms with Gasteiger partial charge in [-0.3, -0.25) is 4.79 Å². The summed E-state index contributed by atoms with van der Waals surface area (Å²) in [6, 6.07) is 11.4. The molecule has 1 aliphatic heterocycles. The molecule has 4 rings (SSSR count). The van der Waals surface area contributed by atoms with E-state index in [1.54, 1.807) is 16.7 Å². The standard InChI is InChI=1S/C22H22N6O3S/c1-2-31-22(30)28-10-8-27(9-11-28)21(29)18-17(24)16-15(13-6-4-3-5-7-13)14(12-23)19(25)26-20(16)32-18/h3-7H,2,8-11,24H2,1H3,(H2,25,26). The van der Waals surface area contributed by atoms with E-state index in [9.17, 15) is 14.9 Å². The first-order valence-corrected chi connectivity index (χ1v) is 11.0. The molecule has 0 radical (unpaired) electrons. The van der Waals surface area contributed by atoms with Crippen LogP contribution in [0.4, 0.5) is 16.3 Å². The van der Waals surface area contributed by atoms with Crippen LogP contribution in [0, 0.1) is 11.3 Å². The average molecular weight is 451 g/mol. The molecule has 1 aromatic carbocycles. The zero-order valence-corrected chi connectivity index (χ0v) is 18.3. The number of thiophene rings is 1. The minimum atomic E-state index is -0.378. The predicted octanol–water partition coefficient (Wildman–Crippen LogP) is 2.91. The maximum atomic E-state index is 13.3. The highest BCUT2D eigenvalue weighted by atomic mass is 32.1. The van der Waals surface area contributed by atoms with Gasteiger partial charge in [0.15, 0.2) is 0 Å². The van der Waals surface area contributed by atoms with Gasteiger partial charge in [-0.15, -0.1) is 11.3 Å². The van der Waals surface area contributed by atoms with Crippen LogP contribution >= 0.6 is 11.3 Å². The molecule has 2 aromatic heterocycles. The SMILES string of the molecule is CCOC(=O)N1CCN(C(=O)c2sc3nc(N)c(C#N)c(-c4ccccc4)c3c2N)CC1.